The molecular formula is C23H23N5O3. The first-order valence-electron chi connectivity index (χ1n) is 10.3. The Bertz CT molecular complexity index is 1320. The normalized spacial score (nSPS) is 14.3. The quantitative estimate of drug-likeness (QED) is 0.535. The van der Waals surface area contributed by atoms with Crippen molar-refractivity contribution in [3.8, 4) is 0 Å². The van der Waals surface area contributed by atoms with Crippen molar-refractivity contribution in [2.75, 3.05) is 31.2 Å². The number of morpholine rings is 1. The Balaban J connectivity index is 1.53. The summed E-state index contributed by atoms with van der Waals surface area (Å²) < 4.78 is 8.66. The van der Waals surface area contributed by atoms with E-state index in [2.05, 4.69) is 14.9 Å². The van der Waals surface area contributed by atoms with Gasteiger partial charge in [-0.05, 0) is 29.3 Å². The molecule has 0 atom stereocenters. The topological polar surface area (TPSA) is 85.1 Å². The fourth-order valence-electron chi connectivity index (χ4n) is 4.01. The lowest BCUT2D eigenvalue weighted by Gasteiger charge is -2.29. The van der Waals surface area contributed by atoms with Crippen molar-refractivity contribution in [1.82, 2.24) is 19.1 Å². The monoisotopic (exact) mass is 417 g/mol. The van der Waals surface area contributed by atoms with Crippen LogP contribution >= 0.6 is 0 Å². The molecule has 1 aliphatic heterocycles. The van der Waals surface area contributed by atoms with E-state index in [1.165, 1.54) is 4.57 Å². The summed E-state index contributed by atoms with van der Waals surface area (Å²) in [5.41, 5.74) is 2.78. The second-order valence-electron chi connectivity index (χ2n) is 7.65. The van der Waals surface area contributed by atoms with Crippen LogP contribution in [-0.4, -0.2) is 45.4 Å². The van der Waals surface area contributed by atoms with Crippen molar-refractivity contribution in [2.24, 2.45) is 0 Å². The molecule has 1 fully saturated rings. The minimum atomic E-state index is -0.408. The van der Waals surface area contributed by atoms with Crippen LogP contribution in [-0.2, 0) is 17.8 Å². The summed E-state index contributed by atoms with van der Waals surface area (Å²) in [7, 11) is 0. The van der Waals surface area contributed by atoms with E-state index < -0.39 is 5.69 Å². The Hall–Kier alpha value is -3.65. The molecule has 158 valence electrons. The molecule has 3 heterocycles. The zero-order chi connectivity index (χ0) is 21.2. The number of fused-ring (bicyclic) bond motifs is 1. The molecule has 2 aromatic heterocycles. The van der Waals surface area contributed by atoms with Gasteiger partial charge in [0.1, 0.15) is 0 Å². The SMILES string of the molecule is O=c1[nH]c2ccc(N3CCOCC3)cc2c(=O)n1Cc1ccccc1Cn1ccnc1. The molecule has 5 rings (SSSR count). The van der Waals surface area contributed by atoms with Crippen LogP contribution in [0.1, 0.15) is 11.1 Å². The lowest BCUT2D eigenvalue weighted by Crippen LogP contribution is -2.37. The average Bonchev–Trinajstić information content (AvgIpc) is 3.31. The highest BCUT2D eigenvalue weighted by Crippen LogP contribution is 2.20. The maximum absolute atomic E-state index is 13.3. The number of hydrogen-bond donors (Lipinski definition) is 1. The highest BCUT2D eigenvalue weighted by molar-refractivity contribution is 5.81. The van der Waals surface area contributed by atoms with E-state index >= 15 is 0 Å². The van der Waals surface area contributed by atoms with Gasteiger partial charge in [0.25, 0.3) is 5.56 Å². The number of H-pyrrole nitrogens is 1. The van der Waals surface area contributed by atoms with Gasteiger partial charge in [0, 0.05) is 37.7 Å². The standard InChI is InChI=1S/C23H23N5O3/c29-22-20-13-19(27-9-11-31-12-10-27)5-6-21(20)25-23(30)28(22)15-18-4-2-1-3-17(18)14-26-8-7-24-16-26/h1-8,13,16H,9-12,14-15H2,(H,25,30). The predicted octanol–water partition coefficient (Wildman–Crippen LogP) is 1.82. The second-order valence-corrected chi connectivity index (χ2v) is 7.65. The van der Waals surface area contributed by atoms with Gasteiger partial charge in [-0.2, -0.15) is 0 Å². The average molecular weight is 417 g/mol. The van der Waals surface area contributed by atoms with E-state index in [0.29, 0.717) is 30.7 Å². The first kappa shape index (κ1) is 19.3. The van der Waals surface area contributed by atoms with Crippen molar-refractivity contribution in [2.45, 2.75) is 13.1 Å². The molecule has 8 heteroatoms. The number of nitrogens with zero attached hydrogens (tertiary/aromatic N) is 4. The molecule has 1 saturated heterocycles. The molecule has 0 bridgehead atoms. The van der Waals surface area contributed by atoms with E-state index in [-0.39, 0.29) is 12.1 Å². The van der Waals surface area contributed by atoms with Crippen LogP contribution in [0.5, 0.6) is 0 Å². The van der Waals surface area contributed by atoms with Gasteiger partial charge in [-0.25, -0.2) is 9.78 Å². The van der Waals surface area contributed by atoms with Gasteiger partial charge >= 0.3 is 5.69 Å². The Kier molecular flexibility index (Phi) is 5.13. The largest absolute Gasteiger partial charge is 0.378 e. The van der Waals surface area contributed by atoms with Crippen LogP contribution in [0.25, 0.3) is 10.9 Å². The zero-order valence-corrected chi connectivity index (χ0v) is 17.0. The highest BCUT2D eigenvalue weighted by Gasteiger charge is 2.15. The first-order valence-corrected chi connectivity index (χ1v) is 10.3. The number of ether oxygens (including phenoxy) is 1. The fraction of sp³-hybridized carbons (Fsp3) is 0.261. The molecule has 0 aliphatic carbocycles. The van der Waals surface area contributed by atoms with E-state index in [4.69, 9.17) is 4.74 Å². The molecule has 1 N–H and O–H groups in total. The van der Waals surface area contributed by atoms with Crippen LogP contribution in [0.2, 0.25) is 0 Å². The first-order chi connectivity index (χ1) is 15.2. The van der Waals surface area contributed by atoms with Crippen molar-refractivity contribution >= 4 is 16.6 Å². The van der Waals surface area contributed by atoms with Crippen LogP contribution in [0, 0.1) is 0 Å². The Morgan fingerprint density at radius 2 is 1.77 bits per heavy atom. The smallest absolute Gasteiger partial charge is 0.329 e. The Morgan fingerprint density at radius 3 is 2.52 bits per heavy atom. The minimum Gasteiger partial charge on any atom is -0.378 e. The molecule has 0 amide bonds. The lowest BCUT2D eigenvalue weighted by atomic mass is 10.1. The van der Waals surface area contributed by atoms with Gasteiger partial charge in [0.2, 0.25) is 0 Å². The number of hydrogen-bond acceptors (Lipinski definition) is 5. The van der Waals surface area contributed by atoms with Gasteiger partial charge in [-0.3, -0.25) is 9.36 Å². The number of aromatic nitrogens is 4. The van der Waals surface area contributed by atoms with E-state index in [9.17, 15) is 9.59 Å². The third-order valence-electron chi connectivity index (χ3n) is 5.70. The van der Waals surface area contributed by atoms with Crippen molar-refractivity contribution in [1.29, 1.82) is 0 Å². The second kappa shape index (κ2) is 8.23. The molecule has 2 aromatic carbocycles. The number of nitrogens with one attached hydrogen (secondary N) is 1. The highest BCUT2D eigenvalue weighted by atomic mass is 16.5. The van der Waals surface area contributed by atoms with Crippen LogP contribution < -0.4 is 16.1 Å². The molecule has 0 spiro atoms. The maximum Gasteiger partial charge on any atom is 0.329 e. The molecule has 1 aliphatic rings. The zero-order valence-electron chi connectivity index (χ0n) is 17.0. The van der Waals surface area contributed by atoms with Crippen molar-refractivity contribution < 1.29 is 4.74 Å². The van der Waals surface area contributed by atoms with Crippen molar-refractivity contribution in [3.05, 3.63) is 93.2 Å². The van der Waals surface area contributed by atoms with Gasteiger partial charge in [-0.15, -0.1) is 0 Å². The predicted molar refractivity (Wildman–Crippen MR) is 119 cm³/mol. The summed E-state index contributed by atoms with van der Waals surface area (Å²) in [4.78, 5) is 35.2. The molecule has 0 unspecified atom stereocenters. The summed E-state index contributed by atoms with van der Waals surface area (Å²) in [6.45, 7) is 3.73. The summed E-state index contributed by atoms with van der Waals surface area (Å²) in [5.74, 6) is 0. The third kappa shape index (κ3) is 3.89. The van der Waals surface area contributed by atoms with Crippen molar-refractivity contribution in [3.63, 3.8) is 0 Å². The number of aromatic amines is 1. The van der Waals surface area contributed by atoms with Gasteiger partial charge in [-0.1, -0.05) is 24.3 Å². The van der Waals surface area contributed by atoms with E-state index in [1.807, 2.05) is 47.2 Å². The van der Waals surface area contributed by atoms with Gasteiger partial charge in [0.15, 0.2) is 0 Å². The number of benzene rings is 2. The lowest BCUT2D eigenvalue weighted by molar-refractivity contribution is 0.122. The molecule has 8 nitrogen and oxygen atoms in total. The van der Waals surface area contributed by atoms with Crippen LogP contribution in [0.3, 0.4) is 0 Å². The van der Waals surface area contributed by atoms with Crippen LogP contribution in [0.15, 0.2) is 70.8 Å². The molecule has 31 heavy (non-hydrogen) atoms. The minimum absolute atomic E-state index is 0.205. The summed E-state index contributed by atoms with van der Waals surface area (Å²) in [6, 6.07) is 13.4. The molecule has 0 radical (unpaired) electrons. The number of anilines is 1. The van der Waals surface area contributed by atoms with Gasteiger partial charge < -0.3 is 19.2 Å². The maximum atomic E-state index is 13.3. The third-order valence-corrected chi connectivity index (χ3v) is 5.70. The van der Waals surface area contributed by atoms with Crippen LogP contribution in [0.4, 0.5) is 5.69 Å². The Labute approximate surface area is 178 Å². The molecule has 0 saturated carbocycles. The number of rotatable bonds is 5. The molecular weight excluding hydrogens is 394 g/mol. The summed E-state index contributed by atoms with van der Waals surface area (Å²) in [5, 5.41) is 0.510. The van der Waals surface area contributed by atoms with Gasteiger partial charge in [0.05, 0.1) is 37.0 Å². The Morgan fingerprint density at radius 1 is 1.00 bits per heavy atom. The fourth-order valence-corrected chi connectivity index (χ4v) is 4.01. The summed E-state index contributed by atoms with van der Waals surface area (Å²) in [6.07, 6.45) is 5.37. The van der Waals surface area contributed by atoms with E-state index in [1.54, 1.807) is 18.6 Å². The molecule has 4 aromatic rings. The van der Waals surface area contributed by atoms with E-state index in [0.717, 1.165) is 29.9 Å². The number of imidazole rings is 1. The summed E-state index contributed by atoms with van der Waals surface area (Å²) >= 11 is 0.